The average Bonchev–Trinajstić information content (AvgIpc) is 2.90. The summed E-state index contributed by atoms with van der Waals surface area (Å²) < 4.78 is 1.79. The molecule has 0 aliphatic rings. The Labute approximate surface area is 115 Å². The van der Waals surface area contributed by atoms with Crippen LogP contribution in [0.1, 0.15) is 0 Å². The lowest BCUT2D eigenvalue weighted by Crippen LogP contribution is -2.05. The van der Waals surface area contributed by atoms with Crippen molar-refractivity contribution in [3.63, 3.8) is 0 Å². The maximum Gasteiger partial charge on any atom is 0.168 e. The molecule has 0 saturated carbocycles. The molecule has 0 bridgehead atoms. The second kappa shape index (κ2) is 5.24. The molecular formula is C13H12ClN5. The SMILES string of the molecule is ClCCNc1ncnc2c1cnn2-c1ccccc1. The predicted octanol–water partition coefficient (Wildman–Crippen LogP) is 2.47. The summed E-state index contributed by atoms with van der Waals surface area (Å²) in [5.74, 6) is 1.28. The summed E-state index contributed by atoms with van der Waals surface area (Å²) in [6, 6.07) is 9.88. The Hall–Kier alpha value is -2.14. The standard InChI is InChI=1S/C13H12ClN5/c14-6-7-15-12-11-8-18-19(13(11)17-9-16-12)10-4-2-1-3-5-10/h1-5,8-9H,6-7H2,(H,15,16,17). The van der Waals surface area contributed by atoms with Gasteiger partial charge >= 0.3 is 0 Å². The first kappa shape index (κ1) is 11.9. The molecule has 96 valence electrons. The minimum absolute atomic E-state index is 0.526. The molecule has 1 N–H and O–H groups in total. The molecule has 0 aliphatic heterocycles. The van der Waals surface area contributed by atoms with Crippen molar-refractivity contribution in [1.82, 2.24) is 19.7 Å². The van der Waals surface area contributed by atoms with Crippen molar-refractivity contribution in [3.8, 4) is 5.69 Å². The number of nitrogens with zero attached hydrogens (tertiary/aromatic N) is 4. The monoisotopic (exact) mass is 273 g/mol. The minimum Gasteiger partial charge on any atom is -0.368 e. The van der Waals surface area contributed by atoms with Crippen molar-refractivity contribution in [1.29, 1.82) is 0 Å². The lowest BCUT2D eigenvalue weighted by Gasteiger charge is -2.05. The van der Waals surface area contributed by atoms with E-state index in [0.717, 1.165) is 22.5 Å². The molecule has 0 amide bonds. The number of rotatable bonds is 4. The van der Waals surface area contributed by atoms with Crippen LogP contribution >= 0.6 is 11.6 Å². The third-order valence-corrected chi connectivity index (χ3v) is 2.94. The van der Waals surface area contributed by atoms with Gasteiger partial charge in [-0.1, -0.05) is 18.2 Å². The number of anilines is 1. The first-order chi connectivity index (χ1) is 9.40. The van der Waals surface area contributed by atoms with Crippen LogP contribution in [0.15, 0.2) is 42.9 Å². The van der Waals surface area contributed by atoms with Crippen LogP contribution in [-0.2, 0) is 0 Å². The van der Waals surface area contributed by atoms with Gasteiger partial charge in [0.1, 0.15) is 12.1 Å². The van der Waals surface area contributed by atoms with E-state index in [9.17, 15) is 0 Å². The second-order valence-corrected chi connectivity index (χ2v) is 4.35. The van der Waals surface area contributed by atoms with E-state index in [1.807, 2.05) is 30.3 Å². The molecule has 0 spiro atoms. The summed E-state index contributed by atoms with van der Waals surface area (Å²) in [6.45, 7) is 0.657. The summed E-state index contributed by atoms with van der Waals surface area (Å²) in [4.78, 5) is 8.52. The molecule has 3 aromatic rings. The maximum atomic E-state index is 5.68. The quantitative estimate of drug-likeness (QED) is 0.742. The Morgan fingerprint density at radius 2 is 2.00 bits per heavy atom. The number of hydrogen-bond donors (Lipinski definition) is 1. The fraction of sp³-hybridized carbons (Fsp3) is 0.154. The molecule has 0 atom stereocenters. The van der Waals surface area contributed by atoms with Gasteiger partial charge in [0.2, 0.25) is 0 Å². The zero-order valence-corrected chi connectivity index (χ0v) is 10.9. The number of halogens is 1. The zero-order chi connectivity index (χ0) is 13.1. The largest absolute Gasteiger partial charge is 0.368 e. The second-order valence-electron chi connectivity index (χ2n) is 3.97. The van der Waals surface area contributed by atoms with Gasteiger partial charge in [-0.25, -0.2) is 14.6 Å². The molecule has 0 unspecified atom stereocenters. The maximum absolute atomic E-state index is 5.68. The van der Waals surface area contributed by atoms with Gasteiger partial charge in [0.25, 0.3) is 0 Å². The number of aromatic nitrogens is 4. The van der Waals surface area contributed by atoms with Gasteiger partial charge in [0, 0.05) is 12.4 Å². The first-order valence-corrected chi connectivity index (χ1v) is 6.47. The lowest BCUT2D eigenvalue weighted by molar-refractivity contribution is 0.895. The molecule has 1 aromatic carbocycles. The average molecular weight is 274 g/mol. The molecule has 5 nitrogen and oxygen atoms in total. The molecular weight excluding hydrogens is 262 g/mol. The van der Waals surface area contributed by atoms with E-state index in [1.165, 1.54) is 6.33 Å². The molecule has 2 aromatic heterocycles. The first-order valence-electron chi connectivity index (χ1n) is 5.94. The number of alkyl halides is 1. The van der Waals surface area contributed by atoms with Gasteiger partial charge in [-0.3, -0.25) is 0 Å². The minimum atomic E-state index is 0.526. The predicted molar refractivity (Wildman–Crippen MR) is 75.9 cm³/mol. The van der Waals surface area contributed by atoms with Gasteiger partial charge < -0.3 is 5.32 Å². The molecule has 2 heterocycles. The zero-order valence-electron chi connectivity index (χ0n) is 10.1. The van der Waals surface area contributed by atoms with Crippen LogP contribution in [0.3, 0.4) is 0 Å². The van der Waals surface area contributed by atoms with E-state index < -0.39 is 0 Å². The van der Waals surface area contributed by atoms with E-state index in [0.29, 0.717) is 12.4 Å². The van der Waals surface area contributed by atoms with Crippen LogP contribution in [0.25, 0.3) is 16.7 Å². The van der Waals surface area contributed by atoms with Crippen LogP contribution in [0.5, 0.6) is 0 Å². The van der Waals surface area contributed by atoms with Crippen LogP contribution in [0.4, 0.5) is 5.82 Å². The highest BCUT2D eigenvalue weighted by atomic mass is 35.5. The third-order valence-electron chi connectivity index (χ3n) is 2.75. The Morgan fingerprint density at radius 1 is 1.16 bits per heavy atom. The molecule has 0 radical (unpaired) electrons. The molecule has 0 aliphatic carbocycles. The van der Waals surface area contributed by atoms with E-state index >= 15 is 0 Å². The number of nitrogens with one attached hydrogen (secondary N) is 1. The highest BCUT2D eigenvalue weighted by molar-refractivity contribution is 6.18. The molecule has 19 heavy (non-hydrogen) atoms. The summed E-state index contributed by atoms with van der Waals surface area (Å²) in [5.41, 5.74) is 1.75. The third kappa shape index (κ3) is 2.24. The van der Waals surface area contributed by atoms with Gasteiger partial charge in [-0.05, 0) is 12.1 Å². The van der Waals surface area contributed by atoms with E-state index in [1.54, 1.807) is 10.9 Å². The van der Waals surface area contributed by atoms with Crippen LogP contribution < -0.4 is 5.32 Å². The molecule has 6 heteroatoms. The van der Waals surface area contributed by atoms with Crippen molar-refractivity contribution < 1.29 is 0 Å². The number of hydrogen-bond acceptors (Lipinski definition) is 4. The van der Waals surface area contributed by atoms with Crippen molar-refractivity contribution in [3.05, 3.63) is 42.9 Å². The molecule has 0 fully saturated rings. The van der Waals surface area contributed by atoms with Crippen LogP contribution in [0.2, 0.25) is 0 Å². The fourth-order valence-electron chi connectivity index (χ4n) is 1.91. The lowest BCUT2D eigenvalue weighted by atomic mass is 10.3. The van der Waals surface area contributed by atoms with Gasteiger partial charge in [-0.15, -0.1) is 11.6 Å². The van der Waals surface area contributed by atoms with E-state index in [4.69, 9.17) is 11.6 Å². The van der Waals surface area contributed by atoms with Gasteiger partial charge in [0.05, 0.1) is 17.3 Å². The Bertz CT molecular complexity index is 680. The van der Waals surface area contributed by atoms with Crippen molar-refractivity contribution >= 4 is 28.5 Å². The van der Waals surface area contributed by atoms with Crippen molar-refractivity contribution in [2.45, 2.75) is 0 Å². The van der Waals surface area contributed by atoms with Crippen LogP contribution in [0, 0.1) is 0 Å². The molecule has 3 rings (SSSR count). The highest BCUT2D eigenvalue weighted by Gasteiger charge is 2.10. The normalized spacial score (nSPS) is 10.8. The molecule has 0 saturated heterocycles. The van der Waals surface area contributed by atoms with Crippen molar-refractivity contribution in [2.75, 3.05) is 17.7 Å². The van der Waals surface area contributed by atoms with E-state index in [-0.39, 0.29) is 0 Å². The smallest absolute Gasteiger partial charge is 0.168 e. The van der Waals surface area contributed by atoms with Gasteiger partial charge in [0.15, 0.2) is 5.65 Å². The highest BCUT2D eigenvalue weighted by Crippen LogP contribution is 2.21. The van der Waals surface area contributed by atoms with Gasteiger partial charge in [-0.2, -0.15) is 5.10 Å². The number of benzene rings is 1. The Kier molecular flexibility index (Phi) is 3.29. The topological polar surface area (TPSA) is 55.6 Å². The summed E-state index contributed by atoms with van der Waals surface area (Å²) in [7, 11) is 0. The number of para-hydroxylation sites is 1. The fourth-order valence-corrected chi connectivity index (χ4v) is 2.00. The Balaban J connectivity index is 2.09. The Morgan fingerprint density at radius 3 is 2.79 bits per heavy atom. The van der Waals surface area contributed by atoms with Crippen LogP contribution in [-0.4, -0.2) is 32.2 Å². The van der Waals surface area contributed by atoms with E-state index in [2.05, 4.69) is 20.4 Å². The summed E-state index contributed by atoms with van der Waals surface area (Å²) in [5, 5.41) is 8.43. The summed E-state index contributed by atoms with van der Waals surface area (Å²) in [6.07, 6.45) is 3.29. The summed E-state index contributed by atoms with van der Waals surface area (Å²) >= 11 is 5.68. The van der Waals surface area contributed by atoms with Crippen molar-refractivity contribution in [2.24, 2.45) is 0 Å². The number of fused-ring (bicyclic) bond motifs is 1.